The topological polar surface area (TPSA) is 47.0 Å². The molecule has 0 bridgehead atoms. The SMILES string of the molecule is CC(C)CC(O)c1ccccc1N1CCN(C(=O)[C@@H](Cc2ccc(Cl)cc2Cl)N(CC2CC2)CC2CC2)CC1. The van der Waals surface area contributed by atoms with E-state index in [1.807, 2.05) is 30.3 Å². The van der Waals surface area contributed by atoms with Gasteiger partial charge in [-0.2, -0.15) is 0 Å². The summed E-state index contributed by atoms with van der Waals surface area (Å²) in [5.41, 5.74) is 3.07. The van der Waals surface area contributed by atoms with Gasteiger partial charge in [0.2, 0.25) is 5.91 Å². The Hall–Kier alpha value is -1.79. The predicted octanol–water partition coefficient (Wildman–Crippen LogP) is 6.45. The molecule has 0 radical (unpaired) electrons. The van der Waals surface area contributed by atoms with Crippen LogP contribution < -0.4 is 4.90 Å². The van der Waals surface area contributed by atoms with Crippen LogP contribution in [0.3, 0.4) is 0 Å². The average molecular weight is 573 g/mol. The van der Waals surface area contributed by atoms with Gasteiger partial charge in [-0.3, -0.25) is 9.69 Å². The molecule has 2 aliphatic carbocycles. The fraction of sp³-hybridized carbons (Fsp3) is 0.594. The molecule has 2 saturated carbocycles. The number of nitrogens with zero attached hydrogens (tertiary/aromatic N) is 3. The molecule has 39 heavy (non-hydrogen) atoms. The molecule has 7 heteroatoms. The number of benzene rings is 2. The second-order valence-corrected chi connectivity index (χ2v) is 13.2. The number of anilines is 1. The van der Waals surface area contributed by atoms with Crippen molar-refractivity contribution in [1.29, 1.82) is 0 Å². The highest BCUT2D eigenvalue weighted by atomic mass is 35.5. The standard InChI is InChI=1S/C32H43Cl2N3O2/c1-22(2)17-31(38)27-5-3-4-6-29(27)35-13-15-36(16-14-35)32(39)30(18-25-11-12-26(33)19-28(25)34)37(20-23-7-8-23)21-24-9-10-24/h3-6,11-12,19,22-24,30-31,38H,7-10,13-18,20-21H2,1-2H3/t30-,31?/m1/s1. The number of hydrogen-bond donors (Lipinski definition) is 1. The van der Waals surface area contributed by atoms with Crippen molar-refractivity contribution in [2.45, 2.75) is 64.5 Å². The first-order valence-corrected chi connectivity index (χ1v) is 15.5. The predicted molar refractivity (Wildman–Crippen MR) is 161 cm³/mol. The minimum absolute atomic E-state index is 0.212. The van der Waals surface area contributed by atoms with Crippen molar-refractivity contribution in [3.05, 3.63) is 63.6 Å². The number of rotatable bonds is 12. The fourth-order valence-electron chi connectivity index (χ4n) is 5.87. The molecule has 5 nitrogen and oxygen atoms in total. The third kappa shape index (κ3) is 7.70. The zero-order chi connectivity index (χ0) is 27.5. The summed E-state index contributed by atoms with van der Waals surface area (Å²) in [6, 6.07) is 13.6. The normalized spacial score (nSPS) is 19.6. The maximum atomic E-state index is 14.2. The molecule has 3 fully saturated rings. The minimum Gasteiger partial charge on any atom is -0.388 e. The zero-order valence-electron chi connectivity index (χ0n) is 23.4. The van der Waals surface area contributed by atoms with Crippen molar-refractivity contribution in [2.24, 2.45) is 17.8 Å². The average Bonchev–Trinajstić information content (AvgIpc) is 3.85. The van der Waals surface area contributed by atoms with E-state index in [1.54, 1.807) is 6.07 Å². The van der Waals surface area contributed by atoms with Crippen molar-refractivity contribution in [2.75, 3.05) is 44.2 Å². The van der Waals surface area contributed by atoms with Gasteiger partial charge >= 0.3 is 0 Å². The maximum Gasteiger partial charge on any atom is 0.240 e. The van der Waals surface area contributed by atoms with Crippen LogP contribution in [0.1, 0.15) is 63.2 Å². The molecule has 1 saturated heterocycles. The minimum atomic E-state index is -0.479. The van der Waals surface area contributed by atoms with E-state index in [4.69, 9.17) is 23.2 Å². The maximum absolute atomic E-state index is 14.2. The Kier molecular flexibility index (Phi) is 9.43. The third-order valence-corrected chi connectivity index (χ3v) is 9.04. The zero-order valence-corrected chi connectivity index (χ0v) is 24.9. The van der Waals surface area contributed by atoms with Crippen LogP contribution >= 0.6 is 23.2 Å². The summed E-state index contributed by atoms with van der Waals surface area (Å²) in [5, 5.41) is 12.2. The summed E-state index contributed by atoms with van der Waals surface area (Å²) in [7, 11) is 0. The number of amides is 1. The van der Waals surface area contributed by atoms with E-state index < -0.39 is 6.10 Å². The van der Waals surface area contributed by atoms with Gasteiger partial charge < -0.3 is 14.9 Å². The molecule has 0 aromatic heterocycles. The van der Waals surface area contributed by atoms with Gasteiger partial charge in [0.15, 0.2) is 0 Å². The van der Waals surface area contributed by atoms with Gasteiger partial charge in [0.25, 0.3) is 0 Å². The molecule has 1 heterocycles. The van der Waals surface area contributed by atoms with Gasteiger partial charge in [-0.05, 0) is 80.0 Å². The largest absolute Gasteiger partial charge is 0.388 e. The van der Waals surface area contributed by atoms with Crippen LogP contribution in [0.5, 0.6) is 0 Å². The van der Waals surface area contributed by atoms with Crippen LogP contribution in [0.15, 0.2) is 42.5 Å². The third-order valence-electron chi connectivity index (χ3n) is 8.46. The number of para-hydroxylation sites is 1. The number of aliphatic hydroxyl groups is 1. The second kappa shape index (κ2) is 12.8. The first-order valence-electron chi connectivity index (χ1n) is 14.8. The molecular formula is C32H43Cl2N3O2. The van der Waals surface area contributed by atoms with Gasteiger partial charge in [0.1, 0.15) is 0 Å². The number of aliphatic hydroxyl groups excluding tert-OH is 1. The highest BCUT2D eigenvalue weighted by Crippen LogP contribution is 2.36. The molecule has 1 unspecified atom stereocenters. The lowest BCUT2D eigenvalue weighted by Crippen LogP contribution is -2.56. The summed E-state index contributed by atoms with van der Waals surface area (Å²) in [4.78, 5) is 21.1. The molecule has 212 valence electrons. The summed E-state index contributed by atoms with van der Waals surface area (Å²) >= 11 is 12.8. The van der Waals surface area contributed by atoms with E-state index in [2.05, 4.69) is 34.6 Å². The van der Waals surface area contributed by atoms with Crippen molar-refractivity contribution < 1.29 is 9.90 Å². The van der Waals surface area contributed by atoms with Crippen molar-refractivity contribution >= 4 is 34.8 Å². The van der Waals surface area contributed by atoms with Crippen molar-refractivity contribution in [3.63, 3.8) is 0 Å². The molecular weight excluding hydrogens is 529 g/mol. The van der Waals surface area contributed by atoms with Crippen LogP contribution in [-0.4, -0.2) is 66.1 Å². The smallest absolute Gasteiger partial charge is 0.240 e. The number of halogens is 2. The lowest BCUT2D eigenvalue weighted by molar-refractivity contribution is -0.137. The lowest BCUT2D eigenvalue weighted by Gasteiger charge is -2.41. The molecule has 2 aromatic carbocycles. The van der Waals surface area contributed by atoms with Gasteiger partial charge in [0, 0.05) is 60.6 Å². The van der Waals surface area contributed by atoms with E-state index in [0.29, 0.717) is 47.3 Å². The lowest BCUT2D eigenvalue weighted by atomic mass is 9.97. The summed E-state index contributed by atoms with van der Waals surface area (Å²) in [6.07, 6.45) is 5.94. The van der Waals surface area contributed by atoms with E-state index in [0.717, 1.165) is 49.4 Å². The first-order chi connectivity index (χ1) is 18.8. The molecule has 1 amide bonds. The first kappa shape index (κ1) is 28.7. The van der Waals surface area contributed by atoms with Gasteiger partial charge in [-0.15, -0.1) is 0 Å². The Morgan fingerprint density at radius 2 is 1.62 bits per heavy atom. The summed E-state index contributed by atoms with van der Waals surface area (Å²) in [5.74, 6) is 2.06. The van der Waals surface area contributed by atoms with E-state index in [-0.39, 0.29) is 11.9 Å². The van der Waals surface area contributed by atoms with Crippen molar-refractivity contribution in [3.8, 4) is 0 Å². The highest BCUT2D eigenvalue weighted by molar-refractivity contribution is 6.35. The molecule has 5 rings (SSSR count). The molecule has 1 aliphatic heterocycles. The molecule has 3 aliphatic rings. The number of piperazine rings is 1. The monoisotopic (exact) mass is 571 g/mol. The number of hydrogen-bond acceptors (Lipinski definition) is 4. The van der Waals surface area contributed by atoms with Crippen LogP contribution in [-0.2, 0) is 11.2 Å². The second-order valence-electron chi connectivity index (χ2n) is 12.3. The van der Waals surface area contributed by atoms with Gasteiger partial charge in [-0.1, -0.05) is 61.3 Å². The molecule has 0 spiro atoms. The van der Waals surface area contributed by atoms with Crippen LogP contribution in [0.2, 0.25) is 10.0 Å². The quantitative estimate of drug-likeness (QED) is 0.318. The Balaban J connectivity index is 1.31. The van der Waals surface area contributed by atoms with Gasteiger partial charge in [0.05, 0.1) is 12.1 Å². The van der Waals surface area contributed by atoms with Crippen LogP contribution in [0, 0.1) is 17.8 Å². The number of carbonyl (C=O) groups excluding carboxylic acids is 1. The molecule has 1 N–H and O–H groups in total. The summed E-state index contributed by atoms with van der Waals surface area (Å²) < 4.78 is 0. The summed E-state index contributed by atoms with van der Waals surface area (Å²) in [6.45, 7) is 9.16. The van der Waals surface area contributed by atoms with E-state index >= 15 is 0 Å². The molecule has 2 aromatic rings. The van der Waals surface area contributed by atoms with Gasteiger partial charge in [-0.25, -0.2) is 0 Å². The Bertz CT molecular complexity index is 1110. The highest BCUT2D eigenvalue weighted by Gasteiger charge is 2.38. The Morgan fingerprint density at radius 3 is 2.21 bits per heavy atom. The number of carbonyl (C=O) groups is 1. The van der Waals surface area contributed by atoms with E-state index in [1.165, 1.54) is 25.7 Å². The fourth-order valence-corrected chi connectivity index (χ4v) is 6.36. The van der Waals surface area contributed by atoms with E-state index in [9.17, 15) is 9.90 Å². The Morgan fingerprint density at radius 1 is 0.974 bits per heavy atom. The molecule has 2 atom stereocenters. The van der Waals surface area contributed by atoms with Crippen LogP contribution in [0.4, 0.5) is 5.69 Å². The van der Waals surface area contributed by atoms with Crippen molar-refractivity contribution in [1.82, 2.24) is 9.80 Å². The van der Waals surface area contributed by atoms with Crippen LogP contribution in [0.25, 0.3) is 0 Å². The Labute approximate surface area is 244 Å².